The van der Waals surface area contributed by atoms with Crippen molar-refractivity contribution < 1.29 is 22.7 Å². The van der Waals surface area contributed by atoms with E-state index in [0.717, 1.165) is 6.20 Å². The van der Waals surface area contributed by atoms with Crippen LogP contribution in [-0.4, -0.2) is 33.5 Å². The maximum atomic E-state index is 12.2. The largest absolute Gasteiger partial charge is 0.467 e. The van der Waals surface area contributed by atoms with E-state index in [9.17, 15) is 18.0 Å². The average molecular weight is 363 g/mol. The Labute approximate surface area is 140 Å². The third-order valence-corrected chi connectivity index (χ3v) is 3.11. The molecule has 0 bridgehead atoms. The van der Waals surface area contributed by atoms with Crippen LogP contribution in [0.5, 0.6) is 5.88 Å². The lowest BCUT2D eigenvalue weighted by molar-refractivity contribution is -0.154. The number of hydrogen-bond acceptors (Lipinski definition) is 4. The van der Waals surface area contributed by atoms with Crippen molar-refractivity contribution >= 4 is 23.3 Å². The third kappa shape index (κ3) is 4.60. The molecule has 0 fully saturated rings. The van der Waals surface area contributed by atoms with E-state index >= 15 is 0 Å². The number of amides is 1. The number of halogens is 4. The molecule has 2 rings (SSSR count). The molecule has 0 aromatic carbocycles. The second-order valence-electron chi connectivity index (χ2n) is 5.12. The van der Waals surface area contributed by atoms with Gasteiger partial charge in [-0.05, 0) is 19.9 Å². The molecule has 0 atom stereocenters. The zero-order valence-electron chi connectivity index (χ0n) is 12.8. The van der Waals surface area contributed by atoms with Crippen LogP contribution in [0.1, 0.15) is 30.2 Å². The Bertz CT molecular complexity index is 731. The Morgan fingerprint density at radius 3 is 2.75 bits per heavy atom. The van der Waals surface area contributed by atoms with Crippen molar-refractivity contribution in [2.24, 2.45) is 0 Å². The number of anilines is 1. The summed E-state index contributed by atoms with van der Waals surface area (Å²) in [6.45, 7) is 2.28. The molecular formula is C14H14ClF3N4O2. The summed E-state index contributed by atoms with van der Waals surface area (Å²) in [5.41, 5.74) is 0.0795. The predicted octanol–water partition coefficient (Wildman–Crippen LogP) is 3.71. The number of aromatic nitrogens is 3. The highest BCUT2D eigenvalue weighted by Gasteiger charge is 2.29. The highest BCUT2D eigenvalue weighted by atomic mass is 35.5. The van der Waals surface area contributed by atoms with E-state index in [-0.39, 0.29) is 16.6 Å². The van der Waals surface area contributed by atoms with Gasteiger partial charge in [-0.3, -0.25) is 4.79 Å². The standard InChI is InChI=1S/C14H14ClF3N4O2/c1-8(2)22-11(3-4-20-22)21-12(23)9-5-10(15)13(19-6-9)24-7-14(16,17)18/h3-6,8H,7H2,1-2H3,(H,21,23). The fraction of sp³-hybridized carbons (Fsp3) is 0.357. The SMILES string of the molecule is CC(C)n1nccc1NC(=O)c1cnc(OCC(F)(F)F)c(Cl)c1. The van der Waals surface area contributed by atoms with E-state index < -0.39 is 24.6 Å². The molecular weight excluding hydrogens is 349 g/mol. The number of carbonyl (C=O) groups is 1. The fourth-order valence-electron chi connectivity index (χ4n) is 1.82. The van der Waals surface area contributed by atoms with Crippen molar-refractivity contribution in [1.82, 2.24) is 14.8 Å². The highest BCUT2D eigenvalue weighted by molar-refractivity contribution is 6.32. The molecule has 0 unspecified atom stereocenters. The molecule has 0 saturated carbocycles. The fourth-order valence-corrected chi connectivity index (χ4v) is 2.04. The van der Waals surface area contributed by atoms with Gasteiger partial charge in [0, 0.05) is 18.3 Å². The second kappa shape index (κ2) is 7.08. The van der Waals surface area contributed by atoms with Gasteiger partial charge in [-0.15, -0.1) is 0 Å². The predicted molar refractivity (Wildman–Crippen MR) is 81.4 cm³/mol. The minimum Gasteiger partial charge on any atom is -0.467 e. The van der Waals surface area contributed by atoms with Crippen LogP contribution in [0, 0.1) is 0 Å². The van der Waals surface area contributed by atoms with Crippen molar-refractivity contribution in [3.63, 3.8) is 0 Å². The van der Waals surface area contributed by atoms with Crippen molar-refractivity contribution in [3.05, 3.63) is 35.1 Å². The Hall–Kier alpha value is -2.29. The molecule has 10 heteroatoms. The van der Waals surface area contributed by atoms with E-state index in [0.29, 0.717) is 5.82 Å². The Kier molecular flexibility index (Phi) is 5.33. The zero-order chi connectivity index (χ0) is 17.9. The summed E-state index contributed by atoms with van der Waals surface area (Å²) >= 11 is 5.81. The van der Waals surface area contributed by atoms with Crippen LogP contribution in [-0.2, 0) is 0 Å². The molecule has 0 aliphatic rings. The van der Waals surface area contributed by atoms with Gasteiger partial charge in [-0.2, -0.15) is 18.3 Å². The third-order valence-electron chi connectivity index (χ3n) is 2.84. The first kappa shape index (κ1) is 18.1. The zero-order valence-corrected chi connectivity index (χ0v) is 13.5. The lowest BCUT2D eigenvalue weighted by atomic mass is 10.2. The van der Waals surface area contributed by atoms with E-state index in [4.69, 9.17) is 11.6 Å². The van der Waals surface area contributed by atoms with Crippen LogP contribution in [0.15, 0.2) is 24.5 Å². The van der Waals surface area contributed by atoms with Crippen LogP contribution >= 0.6 is 11.6 Å². The molecule has 24 heavy (non-hydrogen) atoms. The number of nitrogens with zero attached hydrogens (tertiary/aromatic N) is 3. The second-order valence-corrected chi connectivity index (χ2v) is 5.53. The number of alkyl halides is 3. The Balaban J connectivity index is 2.10. The van der Waals surface area contributed by atoms with Crippen LogP contribution in [0.4, 0.5) is 19.0 Å². The van der Waals surface area contributed by atoms with E-state index in [1.54, 1.807) is 10.7 Å². The quantitative estimate of drug-likeness (QED) is 0.880. The Morgan fingerprint density at radius 1 is 1.46 bits per heavy atom. The molecule has 1 N–H and O–H groups in total. The molecule has 2 aromatic heterocycles. The maximum Gasteiger partial charge on any atom is 0.422 e. The van der Waals surface area contributed by atoms with Crippen molar-refractivity contribution in [3.8, 4) is 5.88 Å². The van der Waals surface area contributed by atoms with Crippen molar-refractivity contribution in [2.45, 2.75) is 26.1 Å². The molecule has 0 spiro atoms. The molecule has 6 nitrogen and oxygen atoms in total. The van der Waals surface area contributed by atoms with Crippen LogP contribution in [0.2, 0.25) is 5.02 Å². The van der Waals surface area contributed by atoms with Crippen LogP contribution < -0.4 is 10.1 Å². The van der Waals surface area contributed by atoms with Crippen LogP contribution in [0.25, 0.3) is 0 Å². The number of carbonyl (C=O) groups excluding carboxylic acids is 1. The summed E-state index contributed by atoms with van der Waals surface area (Å²) in [7, 11) is 0. The van der Waals surface area contributed by atoms with Gasteiger partial charge in [0.25, 0.3) is 5.91 Å². The summed E-state index contributed by atoms with van der Waals surface area (Å²) in [4.78, 5) is 15.8. The lowest BCUT2D eigenvalue weighted by Crippen LogP contribution is -2.20. The number of pyridine rings is 1. The van der Waals surface area contributed by atoms with Gasteiger partial charge in [0.05, 0.1) is 11.8 Å². The number of hydrogen-bond donors (Lipinski definition) is 1. The normalized spacial score (nSPS) is 11.6. The van der Waals surface area contributed by atoms with Gasteiger partial charge >= 0.3 is 6.18 Å². The van der Waals surface area contributed by atoms with Gasteiger partial charge in [0.2, 0.25) is 5.88 Å². The first-order valence-electron chi connectivity index (χ1n) is 6.87. The molecule has 0 aliphatic carbocycles. The minimum absolute atomic E-state index is 0.0372. The van der Waals surface area contributed by atoms with Crippen molar-refractivity contribution in [2.75, 3.05) is 11.9 Å². The van der Waals surface area contributed by atoms with Crippen LogP contribution in [0.3, 0.4) is 0 Å². The summed E-state index contributed by atoms with van der Waals surface area (Å²) in [6, 6.07) is 2.84. The van der Waals surface area contributed by atoms with Gasteiger partial charge in [0.15, 0.2) is 6.61 Å². The van der Waals surface area contributed by atoms with Gasteiger partial charge in [0.1, 0.15) is 10.8 Å². The highest BCUT2D eigenvalue weighted by Crippen LogP contribution is 2.25. The van der Waals surface area contributed by atoms with Gasteiger partial charge in [-0.25, -0.2) is 9.67 Å². The molecule has 2 heterocycles. The first-order valence-corrected chi connectivity index (χ1v) is 7.25. The molecule has 1 amide bonds. The van der Waals surface area contributed by atoms with E-state index in [2.05, 4.69) is 20.1 Å². The van der Waals surface area contributed by atoms with Gasteiger partial charge in [-0.1, -0.05) is 11.6 Å². The van der Waals surface area contributed by atoms with E-state index in [1.807, 2.05) is 13.8 Å². The summed E-state index contributed by atoms with van der Waals surface area (Å²) in [5, 5.41) is 6.52. The van der Waals surface area contributed by atoms with Gasteiger partial charge < -0.3 is 10.1 Å². The number of nitrogens with one attached hydrogen (secondary N) is 1. The summed E-state index contributed by atoms with van der Waals surface area (Å²) < 4.78 is 42.5. The molecule has 0 saturated heterocycles. The molecule has 0 aliphatic heterocycles. The molecule has 0 radical (unpaired) electrons. The smallest absolute Gasteiger partial charge is 0.422 e. The number of ether oxygens (including phenoxy) is 1. The minimum atomic E-state index is -4.50. The van der Waals surface area contributed by atoms with Crippen molar-refractivity contribution in [1.29, 1.82) is 0 Å². The monoisotopic (exact) mass is 362 g/mol. The average Bonchev–Trinajstić information content (AvgIpc) is 2.93. The maximum absolute atomic E-state index is 12.2. The first-order chi connectivity index (χ1) is 11.2. The summed E-state index contributed by atoms with van der Waals surface area (Å²) in [6.07, 6.45) is -1.88. The number of rotatable bonds is 5. The molecule has 2 aromatic rings. The Morgan fingerprint density at radius 2 is 2.17 bits per heavy atom. The summed E-state index contributed by atoms with van der Waals surface area (Å²) in [5.74, 6) is -0.435. The topological polar surface area (TPSA) is 69.0 Å². The van der Waals surface area contributed by atoms with E-state index in [1.165, 1.54) is 12.3 Å². The molecule has 130 valence electrons. The lowest BCUT2D eigenvalue weighted by Gasteiger charge is -2.12.